The molecular weight excluding hydrogens is 276 g/mol. The molecule has 0 saturated carbocycles. The third-order valence-electron chi connectivity index (χ3n) is 2.50. The van der Waals surface area contributed by atoms with Crippen LogP contribution in [0.3, 0.4) is 0 Å². The van der Waals surface area contributed by atoms with Gasteiger partial charge in [0.2, 0.25) is 0 Å². The van der Waals surface area contributed by atoms with Crippen molar-refractivity contribution in [1.82, 2.24) is 5.32 Å². The first-order valence-electron chi connectivity index (χ1n) is 6.40. The SMILES string of the molecule is CC(C)(C)OC(=O)NC(Cc1ccc([NH+]=O)cc1)C(=O)O. The molecule has 0 fully saturated rings. The fourth-order valence-electron chi connectivity index (χ4n) is 1.59. The van der Waals surface area contributed by atoms with Crippen molar-refractivity contribution >= 4 is 17.7 Å². The van der Waals surface area contributed by atoms with E-state index in [2.05, 4.69) is 5.32 Å². The van der Waals surface area contributed by atoms with Gasteiger partial charge < -0.3 is 15.2 Å². The van der Waals surface area contributed by atoms with Crippen LogP contribution >= 0.6 is 0 Å². The minimum absolute atomic E-state index is 0.0910. The predicted octanol–water partition coefficient (Wildman–Crippen LogP) is 0.685. The Morgan fingerprint density at radius 3 is 2.29 bits per heavy atom. The summed E-state index contributed by atoms with van der Waals surface area (Å²) in [5, 5.41) is 13.2. The Morgan fingerprint density at radius 1 is 1.29 bits per heavy atom. The van der Waals surface area contributed by atoms with E-state index < -0.39 is 23.7 Å². The van der Waals surface area contributed by atoms with Crippen LogP contribution in [0.25, 0.3) is 0 Å². The summed E-state index contributed by atoms with van der Waals surface area (Å²) in [7, 11) is 0. The second-order valence-electron chi connectivity index (χ2n) is 5.54. The van der Waals surface area contributed by atoms with Crippen molar-refractivity contribution in [2.45, 2.75) is 38.8 Å². The van der Waals surface area contributed by atoms with Gasteiger partial charge in [0.05, 0.1) is 0 Å². The zero-order chi connectivity index (χ0) is 16.0. The number of hydrogen-bond acceptors (Lipinski definition) is 4. The van der Waals surface area contributed by atoms with E-state index in [1.807, 2.05) is 0 Å². The summed E-state index contributed by atoms with van der Waals surface area (Å²) in [6.45, 7) is 5.07. The highest BCUT2D eigenvalue weighted by atomic mass is 16.6. The minimum atomic E-state index is -1.16. The Hall–Kier alpha value is -2.44. The van der Waals surface area contributed by atoms with E-state index in [9.17, 15) is 14.5 Å². The molecule has 0 aliphatic carbocycles. The summed E-state index contributed by atoms with van der Waals surface area (Å²) in [4.78, 5) is 33.2. The van der Waals surface area contributed by atoms with Crippen LogP contribution in [0.1, 0.15) is 26.3 Å². The van der Waals surface area contributed by atoms with Crippen LogP contribution in [0, 0.1) is 4.91 Å². The summed E-state index contributed by atoms with van der Waals surface area (Å²) >= 11 is 0. The molecule has 1 rings (SSSR count). The van der Waals surface area contributed by atoms with Gasteiger partial charge in [0.1, 0.15) is 11.6 Å². The third-order valence-corrected chi connectivity index (χ3v) is 2.50. The lowest BCUT2D eigenvalue weighted by molar-refractivity contribution is -0.379. The number of hydrogen-bond donors (Lipinski definition) is 3. The van der Waals surface area contributed by atoms with E-state index in [-0.39, 0.29) is 6.42 Å². The second-order valence-corrected chi connectivity index (χ2v) is 5.54. The molecule has 1 unspecified atom stereocenters. The molecule has 0 aliphatic rings. The Bertz CT molecular complexity index is 519. The lowest BCUT2D eigenvalue weighted by atomic mass is 10.1. The average Bonchev–Trinajstić information content (AvgIpc) is 2.36. The van der Waals surface area contributed by atoms with Crippen LogP contribution in [0.4, 0.5) is 10.5 Å². The summed E-state index contributed by atoms with van der Waals surface area (Å²) in [6.07, 6.45) is -0.694. The van der Waals surface area contributed by atoms with Crippen molar-refractivity contribution < 1.29 is 24.6 Å². The van der Waals surface area contributed by atoms with Crippen LogP contribution < -0.4 is 10.5 Å². The molecule has 0 heterocycles. The molecule has 7 heteroatoms. The number of ether oxygens (including phenoxy) is 1. The molecule has 1 aromatic rings. The van der Waals surface area contributed by atoms with E-state index in [1.165, 1.54) is 12.1 Å². The van der Waals surface area contributed by atoms with Crippen molar-refractivity contribution in [3.05, 3.63) is 34.7 Å². The number of rotatable bonds is 5. The van der Waals surface area contributed by atoms with Crippen LogP contribution in [0.5, 0.6) is 0 Å². The first kappa shape index (κ1) is 16.6. The predicted molar refractivity (Wildman–Crippen MR) is 74.9 cm³/mol. The van der Waals surface area contributed by atoms with Gasteiger partial charge in [-0.2, -0.15) is 0 Å². The molecular formula is C14H19N2O5+. The molecule has 0 aromatic heterocycles. The lowest BCUT2D eigenvalue weighted by Crippen LogP contribution is -2.55. The maximum Gasteiger partial charge on any atom is 0.408 e. The monoisotopic (exact) mass is 295 g/mol. The van der Waals surface area contributed by atoms with Gasteiger partial charge in [-0.25, -0.2) is 9.59 Å². The van der Waals surface area contributed by atoms with E-state index >= 15 is 0 Å². The largest absolute Gasteiger partial charge is 0.480 e. The van der Waals surface area contributed by atoms with Crippen LogP contribution in [-0.2, 0) is 16.0 Å². The number of aliphatic carboxylic acids is 1. The maximum absolute atomic E-state index is 11.6. The van der Waals surface area contributed by atoms with Gasteiger partial charge in [0.25, 0.3) is 5.69 Å². The molecule has 1 atom stereocenters. The zero-order valence-corrected chi connectivity index (χ0v) is 12.2. The van der Waals surface area contributed by atoms with E-state index in [0.29, 0.717) is 11.3 Å². The smallest absolute Gasteiger partial charge is 0.408 e. The summed E-state index contributed by atoms with van der Waals surface area (Å²) < 4.78 is 5.03. The third kappa shape index (κ3) is 6.03. The van der Waals surface area contributed by atoms with Gasteiger partial charge in [-0.05, 0) is 26.3 Å². The van der Waals surface area contributed by atoms with Crippen molar-refractivity contribution in [3.8, 4) is 0 Å². The van der Waals surface area contributed by atoms with Crippen molar-refractivity contribution in [1.29, 1.82) is 0 Å². The minimum Gasteiger partial charge on any atom is -0.480 e. The number of carboxylic acids is 1. The van der Waals surface area contributed by atoms with Crippen LogP contribution in [-0.4, -0.2) is 28.8 Å². The lowest BCUT2D eigenvalue weighted by Gasteiger charge is -2.22. The summed E-state index contributed by atoms with van der Waals surface area (Å²) in [5.74, 6) is -1.16. The highest BCUT2D eigenvalue weighted by Crippen LogP contribution is 2.10. The van der Waals surface area contributed by atoms with Gasteiger partial charge in [-0.15, -0.1) is 0 Å². The topological polar surface area (TPSA) is 107 Å². The molecule has 21 heavy (non-hydrogen) atoms. The molecule has 1 aromatic carbocycles. The highest BCUT2D eigenvalue weighted by molar-refractivity contribution is 5.80. The molecule has 0 aliphatic heterocycles. The fourth-order valence-corrected chi connectivity index (χ4v) is 1.59. The standard InChI is InChI=1S/C14H18N2O5/c1-14(2,3)21-13(19)15-11(12(17)18)8-9-4-6-10(16-20)7-5-9/h4-7,11H,8H2,1-3H3,(H,15,19)(H,17,18)/p+1. The van der Waals surface area contributed by atoms with Crippen LogP contribution in [0.15, 0.2) is 24.3 Å². The van der Waals surface area contributed by atoms with Gasteiger partial charge in [0.15, 0.2) is 0 Å². The molecule has 114 valence electrons. The van der Waals surface area contributed by atoms with Crippen molar-refractivity contribution in [2.24, 2.45) is 0 Å². The Labute approximate surface area is 122 Å². The molecule has 0 bridgehead atoms. The number of benzene rings is 1. The van der Waals surface area contributed by atoms with Gasteiger partial charge in [0, 0.05) is 28.6 Å². The highest BCUT2D eigenvalue weighted by Gasteiger charge is 2.24. The van der Waals surface area contributed by atoms with Crippen LogP contribution in [0.2, 0.25) is 0 Å². The van der Waals surface area contributed by atoms with Crippen molar-refractivity contribution in [2.75, 3.05) is 0 Å². The van der Waals surface area contributed by atoms with E-state index in [0.717, 1.165) is 0 Å². The first-order chi connectivity index (χ1) is 9.71. The van der Waals surface area contributed by atoms with E-state index in [1.54, 1.807) is 38.1 Å². The Morgan fingerprint density at radius 2 is 1.86 bits per heavy atom. The van der Waals surface area contributed by atoms with E-state index in [4.69, 9.17) is 9.84 Å². The quantitative estimate of drug-likeness (QED) is 0.740. The molecule has 7 nitrogen and oxygen atoms in total. The Balaban J connectivity index is 2.71. The van der Waals surface area contributed by atoms with Gasteiger partial charge in [-0.1, -0.05) is 12.1 Å². The fraction of sp³-hybridized carbons (Fsp3) is 0.429. The molecule has 1 amide bonds. The number of carbonyl (C=O) groups excluding carboxylic acids is 1. The number of carboxylic acid groups (broad SMARTS) is 1. The number of nitrogens with one attached hydrogen (secondary N) is 2. The number of carbonyl (C=O) groups is 2. The second kappa shape index (κ2) is 6.83. The summed E-state index contributed by atoms with van der Waals surface area (Å²) in [6, 6.07) is 5.20. The number of alkyl carbamates (subject to hydrolysis) is 1. The van der Waals surface area contributed by atoms with Crippen molar-refractivity contribution in [3.63, 3.8) is 0 Å². The molecule has 0 radical (unpaired) electrons. The zero-order valence-electron chi connectivity index (χ0n) is 12.2. The maximum atomic E-state index is 11.6. The molecule has 3 N–H and O–H groups in total. The number of nitroso groups, excluding NO2 is 1. The number of amides is 1. The first-order valence-corrected chi connectivity index (χ1v) is 6.40. The van der Waals surface area contributed by atoms with Gasteiger partial charge in [-0.3, -0.25) is 0 Å². The average molecular weight is 295 g/mol. The summed E-state index contributed by atoms with van der Waals surface area (Å²) in [5.41, 5.74) is 0.359. The Kier molecular flexibility index (Phi) is 5.40. The molecule has 0 saturated heterocycles. The molecule has 0 spiro atoms. The normalized spacial score (nSPS) is 12.3. The van der Waals surface area contributed by atoms with Gasteiger partial charge >= 0.3 is 12.1 Å².